The number of rotatable bonds is 5. The lowest BCUT2D eigenvalue weighted by molar-refractivity contribution is 0.0955. The Balaban J connectivity index is 2.03. The first-order valence-corrected chi connectivity index (χ1v) is 9.13. The highest BCUT2D eigenvalue weighted by atomic mass is 35.5. The first kappa shape index (κ1) is 18.0. The number of nitrogens with one attached hydrogen (secondary N) is 1. The Morgan fingerprint density at radius 1 is 1.21 bits per heavy atom. The number of halogens is 1. The normalized spacial score (nSPS) is 11.5. The van der Waals surface area contributed by atoms with E-state index in [1.165, 1.54) is 25.4 Å². The predicted molar refractivity (Wildman–Crippen MR) is 96.2 cm³/mol. The van der Waals surface area contributed by atoms with Gasteiger partial charge >= 0.3 is 0 Å². The van der Waals surface area contributed by atoms with Crippen LogP contribution in [0.1, 0.15) is 15.9 Å². The standard InChI is InChI=1S/C16H16ClN3O3S/c1-20(24(2,22)23)15-8-6-13(7-9-15)16(21)19-18-11-12-4-3-5-14(17)10-12/h3-11H,1-2H3,(H,19,21)/b18-11-. The molecule has 0 saturated carbocycles. The maximum atomic E-state index is 12.0. The largest absolute Gasteiger partial charge is 0.274 e. The van der Waals surface area contributed by atoms with Crippen molar-refractivity contribution in [1.82, 2.24) is 5.43 Å². The van der Waals surface area contributed by atoms with E-state index in [1.807, 2.05) is 0 Å². The van der Waals surface area contributed by atoms with Gasteiger partial charge < -0.3 is 0 Å². The number of benzene rings is 2. The van der Waals surface area contributed by atoms with Crippen LogP contribution in [0.15, 0.2) is 53.6 Å². The van der Waals surface area contributed by atoms with E-state index in [0.717, 1.165) is 16.1 Å². The van der Waals surface area contributed by atoms with Crippen LogP contribution in [0.3, 0.4) is 0 Å². The molecule has 126 valence electrons. The summed E-state index contributed by atoms with van der Waals surface area (Å²) < 4.78 is 24.1. The molecule has 2 aromatic rings. The zero-order valence-corrected chi connectivity index (χ0v) is 14.7. The van der Waals surface area contributed by atoms with Gasteiger partial charge in [-0.05, 0) is 42.0 Å². The Labute approximate surface area is 145 Å². The monoisotopic (exact) mass is 365 g/mol. The second-order valence-corrected chi connectivity index (χ2v) is 7.48. The molecule has 6 nitrogen and oxygen atoms in total. The molecule has 8 heteroatoms. The minimum absolute atomic E-state index is 0.365. The number of anilines is 1. The van der Waals surface area contributed by atoms with Crippen molar-refractivity contribution in [2.75, 3.05) is 17.6 Å². The molecule has 0 radical (unpaired) electrons. The van der Waals surface area contributed by atoms with Gasteiger partial charge in [-0.15, -0.1) is 0 Å². The first-order chi connectivity index (χ1) is 11.3. The van der Waals surface area contributed by atoms with Crippen LogP contribution in [-0.2, 0) is 10.0 Å². The van der Waals surface area contributed by atoms with Gasteiger partial charge in [0.2, 0.25) is 10.0 Å². The number of nitrogens with zero attached hydrogens (tertiary/aromatic N) is 2. The lowest BCUT2D eigenvalue weighted by Gasteiger charge is -2.16. The molecule has 1 N–H and O–H groups in total. The van der Waals surface area contributed by atoms with Crippen molar-refractivity contribution in [2.45, 2.75) is 0 Å². The molecule has 24 heavy (non-hydrogen) atoms. The summed E-state index contributed by atoms with van der Waals surface area (Å²) in [5.41, 5.74) is 3.99. The fourth-order valence-electron chi connectivity index (χ4n) is 1.83. The number of hydrazone groups is 1. The summed E-state index contributed by atoms with van der Waals surface area (Å²) in [5.74, 6) is -0.401. The fraction of sp³-hybridized carbons (Fsp3) is 0.125. The smallest absolute Gasteiger partial charge is 0.271 e. The summed E-state index contributed by atoms with van der Waals surface area (Å²) in [4.78, 5) is 12.0. The second-order valence-electron chi connectivity index (χ2n) is 5.03. The minimum Gasteiger partial charge on any atom is -0.274 e. The predicted octanol–water partition coefficient (Wildman–Crippen LogP) is 2.50. The van der Waals surface area contributed by atoms with Crippen molar-refractivity contribution in [1.29, 1.82) is 0 Å². The van der Waals surface area contributed by atoms with Crippen LogP contribution in [0.2, 0.25) is 5.02 Å². The van der Waals surface area contributed by atoms with Crippen LogP contribution in [0.4, 0.5) is 5.69 Å². The van der Waals surface area contributed by atoms with Gasteiger partial charge in [0.1, 0.15) is 0 Å². The number of carbonyl (C=O) groups is 1. The summed E-state index contributed by atoms with van der Waals surface area (Å²) in [7, 11) is -1.89. The highest BCUT2D eigenvalue weighted by molar-refractivity contribution is 7.92. The van der Waals surface area contributed by atoms with Gasteiger partial charge in [0.05, 0.1) is 18.2 Å². The molecule has 2 rings (SSSR count). The summed E-state index contributed by atoms with van der Waals surface area (Å²) in [6.45, 7) is 0. The van der Waals surface area contributed by atoms with Gasteiger partial charge in [0.15, 0.2) is 0 Å². The summed E-state index contributed by atoms with van der Waals surface area (Å²) in [6, 6.07) is 13.2. The molecular formula is C16H16ClN3O3S. The lowest BCUT2D eigenvalue weighted by Crippen LogP contribution is -2.25. The molecule has 0 bridgehead atoms. The molecule has 0 aliphatic heterocycles. The third-order valence-corrected chi connectivity index (χ3v) is 4.66. The number of hydrogen-bond donors (Lipinski definition) is 1. The highest BCUT2D eigenvalue weighted by Crippen LogP contribution is 2.16. The SMILES string of the molecule is CN(c1ccc(C(=O)N/N=C\c2cccc(Cl)c2)cc1)S(C)(=O)=O. The number of carbonyl (C=O) groups excluding carboxylic acids is 1. The zero-order chi connectivity index (χ0) is 17.7. The maximum absolute atomic E-state index is 12.0. The number of amides is 1. The van der Waals surface area contributed by atoms with Crippen LogP contribution >= 0.6 is 11.6 Å². The Hall–Kier alpha value is -2.38. The van der Waals surface area contributed by atoms with Crippen LogP contribution in [0.25, 0.3) is 0 Å². The van der Waals surface area contributed by atoms with Crippen molar-refractivity contribution in [2.24, 2.45) is 5.10 Å². The molecule has 0 heterocycles. The molecule has 0 aliphatic rings. The highest BCUT2D eigenvalue weighted by Gasteiger charge is 2.12. The summed E-state index contributed by atoms with van der Waals surface area (Å²) in [5, 5.41) is 4.45. The number of sulfonamides is 1. The van der Waals surface area contributed by atoms with Gasteiger partial charge in [-0.25, -0.2) is 13.8 Å². The second kappa shape index (κ2) is 7.46. The molecule has 0 unspecified atom stereocenters. The Kier molecular flexibility index (Phi) is 5.58. The molecule has 1 amide bonds. The Bertz CT molecular complexity index is 864. The van der Waals surface area contributed by atoms with Gasteiger partial charge in [-0.1, -0.05) is 23.7 Å². The topological polar surface area (TPSA) is 78.8 Å². The fourth-order valence-corrected chi connectivity index (χ4v) is 2.53. The third kappa shape index (κ3) is 4.81. The van der Waals surface area contributed by atoms with Crippen molar-refractivity contribution in [3.8, 4) is 0 Å². The summed E-state index contributed by atoms with van der Waals surface area (Å²) >= 11 is 5.86. The molecule has 0 saturated heterocycles. The van der Waals surface area contributed by atoms with Crippen molar-refractivity contribution in [3.63, 3.8) is 0 Å². The van der Waals surface area contributed by atoms with E-state index in [1.54, 1.807) is 36.4 Å². The van der Waals surface area contributed by atoms with E-state index in [9.17, 15) is 13.2 Å². The average molecular weight is 366 g/mol. The van der Waals surface area contributed by atoms with E-state index in [0.29, 0.717) is 16.3 Å². The van der Waals surface area contributed by atoms with Crippen LogP contribution in [0.5, 0.6) is 0 Å². The zero-order valence-electron chi connectivity index (χ0n) is 13.1. The molecule has 0 spiro atoms. The molecule has 0 atom stereocenters. The third-order valence-electron chi connectivity index (χ3n) is 3.22. The van der Waals surface area contributed by atoms with Gasteiger partial charge in [-0.3, -0.25) is 9.10 Å². The first-order valence-electron chi connectivity index (χ1n) is 6.90. The van der Waals surface area contributed by atoms with Crippen molar-refractivity contribution < 1.29 is 13.2 Å². The lowest BCUT2D eigenvalue weighted by atomic mass is 10.2. The van der Waals surface area contributed by atoms with E-state index in [-0.39, 0.29) is 0 Å². The van der Waals surface area contributed by atoms with Crippen LogP contribution < -0.4 is 9.73 Å². The van der Waals surface area contributed by atoms with Crippen molar-refractivity contribution >= 4 is 39.4 Å². The van der Waals surface area contributed by atoms with E-state index < -0.39 is 15.9 Å². The minimum atomic E-state index is -3.34. The van der Waals surface area contributed by atoms with Crippen molar-refractivity contribution in [3.05, 3.63) is 64.7 Å². The van der Waals surface area contributed by atoms with Crippen LogP contribution in [-0.4, -0.2) is 33.8 Å². The molecular weight excluding hydrogens is 350 g/mol. The Morgan fingerprint density at radius 3 is 2.46 bits per heavy atom. The van der Waals surface area contributed by atoms with Gasteiger partial charge in [0.25, 0.3) is 5.91 Å². The molecule has 0 aromatic heterocycles. The molecule has 0 aliphatic carbocycles. The van der Waals surface area contributed by atoms with E-state index >= 15 is 0 Å². The number of hydrogen-bond acceptors (Lipinski definition) is 4. The Morgan fingerprint density at radius 2 is 1.88 bits per heavy atom. The quantitative estimate of drug-likeness (QED) is 0.653. The average Bonchev–Trinajstić information content (AvgIpc) is 2.53. The maximum Gasteiger partial charge on any atom is 0.271 e. The van der Waals surface area contributed by atoms with E-state index in [2.05, 4.69) is 10.5 Å². The summed E-state index contributed by atoms with van der Waals surface area (Å²) in [6.07, 6.45) is 2.59. The molecule has 0 fully saturated rings. The van der Waals surface area contributed by atoms with E-state index in [4.69, 9.17) is 11.6 Å². The van der Waals surface area contributed by atoms with Gasteiger partial charge in [-0.2, -0.15) is 5.10 Å². The molecule has 2 aromatic carbocycles. The van der Waals surface area contributed by atoms with Gasteiger partial charge in [0, 0.05) is 17.6 Å². The van der Waals surface area contributed by atoms with Crippen LogP contribution in [0, 0.1) is 0 Å².